The van der Waals surface area contributed by atoms with E-state index in [9.17, 15) is 9.59 Å². The molecule has 0 heterocycles. The van der Waals surface area contributed by atoms with Crippen molar-refractivity contribution < 1.29 is 19.8 Å². The molecule has 0 amide bonds. The summed E-state index contributed by atoms with van der Waals surface area (Å²) in [6, 6.07) is 0. The van der Waals surface area contributed by atoms with Gasteiger partial charge < -0.3 is 10.2 Å². The highest BCUT2D eigenvalue weighted by atomic mass is 16.4. The Hall–Kier alpha value is -1.06. The maximum atomic E-state index is 10.5. The van der Waals surface area contributed by atoms with Crippen LogP contribution in [-0.4, -0.2) is 22.2 Å². The number of hydrogen-bond acceptors (Lipinski definition) is 2. The number of carboxylic acids is 2. The molecule has 0 aliphatic carbocycles. The van der Waals surface area contributed by atoms with Crippen LogP contribution in [0.5, 0.6) is 0 Å². The van der Waals surface area contributed by atoms with Crippen LogP contribution in [-0.2, 0) is 9.59 Å². The van der Waals surface area contributed by atoms with Crippen molar-refractivity contribution in [3.05, 3.63) is 0 Å². The standard InChI is InChI=1S/C12H22O4/c1-12(2,3)9(7-8-11(15)16)5-4-6-10(13)14/h9H,4-8H2,1-3H3,(H,13,14)(H,15,16). The smallest absolute Gasteiger partial charge is 0.303 e. The van der Waals surface area contributed by atoms with Crippen molar-refractivity contribution in [2.24, 2.45) is 11.3 Å². The number of hydrogen-bond donors (Lipinski definition) is 2. The predicted octanol–water partition coefficient (Wildman–Crippen LogP) is 2.77. The SMILES string of the molecule is CC(C)(C)C(CCCC(=O)O)CCC(=O)O. The molecule has 94 valence electrons. The molecular weight excluding hydrogens is 208 g/mol. The van der Waals surface area contributed by atoms with E-state index >= 15 is 0 Å². The van der Waals surface area contributed by atoms with Gasteiger partial charge in [-0.05, 0) is 30.6 Å². The monoisotopic (exact) mass is 230 g/mol. The molecule has 0 aromatic carbocycles. The van der Waals surface area contributed by atoms with Crippen molar-refractivity contribution in [2.45, 2.75) is 52.9 Å². The van der Waals surface area contributed by atoms with E-state index in [0.29, 0.717) is 12.8 Å². The van der Waals surface area contributed by atoms with E-state index in [2.05, 4.69) is 20.8 Å². The number of carbonyl (C=O) groups is 2. The minimum Gasteiger partial charge on any atom is -0.481 e. The molecule has 0 spiro atoms. The first kappa shape index (κ1) is 14.9. The Bertz CT molecular complexity index is 240. The first-order valence-electron chi connectivity index (χ1n) is 5.67. The molecule has 1 unspecified atom stereocenters. The van der Waals surface area contributed by atoms with Crippen LogP contribution in [0.4, 0.5) is 0 Å². The average molecular weight is 230 g/mol. The number of carboxylic acid groups (broad SMARTS) is 2. The molecule has 0 aromatic heterocycles. The van der Waals surface area contributed by atoms with E-state index in [1.54, 1.807) is 0 Å². The number of rotatable bonds is 7. The van der Waals surface area contributed by atoms with E-state index in [-0.39, 0.29) is 24.2 Å². The normalized spacial score (nSPS) is 13.4. The van der Waals surface area contributed by atoms with Crippen LogP contribution in [0.15, 0.2) is 0 Å². The molecule has 0 fully saturated rings. The lowest BCUT2D eigenvalue weighted by Gasteiger charge is -2.30. The van der Waals surface area contributed by atoms with Gasteiger partial charge in [-0.15, -0.1) is 0 Å². The van der Waals surface area contributed by atoms with Gasteiger partial charge in [0, 0.05) is 12.8 Å². The predicted molar refractivity (Wildman–Crippen MR) is 61.3 cm³/mol. The van der Waals surface area contributed by atoms with Crippen LogP contribution in [0.25, 0.3) is 0 Å². The van der Waals surface area contributed by atoms with Crippen molar-refractivity contribution >= 4 is 11.9 Å². The zero-order valence-corrected chi connectivity index (χ0v) is 10.3. The third-order valence-electron chi connectivity index (χ3n) is 2.87. The largest absolute Gasteiger partial charge is 0.481 e. The Balaban J connectivity index is 4.11. The van der Waals surface area contributed by atoms with E-state index in [4.69, 9.17) is 10.2 Å². The first-order chi connectivity index (χ1) is 7.23. The van der Waals surface area contributed by atoms with Gasteiger partial charge in [0.2, 0.25) is 0 Å². The molecule has 0 bridgehead atoms. The summed E-state index contributed by atoms with van der Waals surface area (Å²) < 4.78 is 0. The molecule has 0 radical (unpaired) electrons. The van der Waals surface area contributed by atoms with Crippen LogP contribution in [0.3, 0.4) is 0 Å². The zero-order valence-electron chi connectivity index (χ0n) is 10.3. The van der Waals surface area contributed by atoms with Crippen molar-refractivity contribution in [1.29, 1.82) is 0 Å². The van der Waals surface area contributed by atoms with Crippen molar-refractivity contribution in [1.82, 2.24) is 0 Å². The van der Waals surface area contributed by atoms with E-state index in [1.165, 1.54) is 0 Å². The van der Waals surface area contributed by atoms with Gasteiger partial charge in [-0.2, -0.15) is 0 Å². The van der Waals surface area contributed by atoms with Gasteiger partial charge in [0.05, 0.1) is 0 Å². The summed E-state index contributed by atoms with van der Waals surface area (Å²) in [5, 5.41) is 17.2. The van der Waals surface area contributed by atoms with Gasteiger partial charge in [-0.1, -0.05) is 20.8 Å². The fourth-order valence-electron chi connectivity index (χ4n) is 1.81. The van der Waals surface area contributed by atoms with E-state index < -0.39 is 11.9 Å². The first-order valence-corrected chi connectivity index (χ1v) is 5.67. The van der Waals surface area contributed by atoms with Crippen molar-refractivity contribution in [3.8, 4) is 0 Å². The third-order valence-corrected chi connectivity index (χ3v) is 2.87. The molecular formula is C12H22O4. The maximum absolute atomic E-state index is 10.5. The molecule has 1 atom stereocenters. The van der Waals surface area contributed by atoms with Gasteiger partial charge >= 0.3 is 11.9 Å². The third kappa shape index (κ3) is 7.26. The fraction of sp³-hybridized carbons (Fsp3) is 0.833. The Kier molecular flexibility index (Phi) is 6.08. The fourth-order valence-corrected chi connectivity index (χ4v) is 1.81. The summed E-state index contributed by atoms with van der Waals surface area (Å²) in [4.78, 5) is 20.9. The van der Waals surface area contributed by atoms with Gasteiger partial charge in [0.25, 0.3) is 0 Å². The second-order valence-electron chi connectivity index (χ2n) is 5.28. The van der Waals surface area contributed by atoms with Crippen LogP contribution in [0, 0.1) is 11.3 Å². The minimum absolute atomic E-state index is 0.0357. The second-order valence-corrected chi connectivity index (χ2v) is 5.28. The highest BCUT2D eigenvalue weighted by Gasteiger charge is 2.24. The maximum Gasteiger partial charge on any atom is 0.303 e. The van der Waals surface area contributed by atoms with Crippen molar-refractivity contribution in [3.63, 3.8) is 0 Å². The van der Waals surface area contributed by atoms with Gasteiger partial charge in [0.15, 0.2) is 0 Å². The molecule has 0 saturated carbocycles. The molecule has 16 heavy (non-hydrogen) atoms. The highest BCUT2D eigenvalue weighted by Crippen LogP contribution is 2.33. The summed E-state index contributed by atoms with van der Waals surface area (Å²) in [7, 11) is 0. The summed E-state index contributed by atoms with van der Waals surface area (Å²) in [6.07, 6.45) is 2.35. The topological polar surface area (TPSA) is 74.6 Å². The van der Waals surface area contributed by atoms with Crippen LogP contribution < -0.4 is 0 Å². The van der Waals surface area contributed by atoms with Crippen molar-refractivity contribution in [2.75, 3.05) is 0 Å². The van der Waals surface area contributed by atoms with Gasteiger partial charge in [-0.25, -0.2) is 0 Å². The van der Waals surface area contributed by atoms with Gasteiger partial charge in [-0.3, -0.25) is 9.59 Å². The Labute approximate surface area is 96.7 Å². The van der Waals surface area contributed by atoms with E-state index in [0.717, 1.165) is 6.42 Å². The molecule has 0 saturated heterocycles. The molecule has 0 rings (SSSR count). The van der Waals surface area contributed by atoms with Gasteiger partial charge in [0.1, 0.15) is 0 Å². The zero-order chi connectivity index (χ0) is 12.8. The Morgan fingerprint density at radius 2 is 1.50 bits per heavy atom. The Morgan fingerprint density at radius 3 is 1.88 bits per heavy atom. The van der Waals surface area contributed by atoms with Crippen LogP contribution in [0.2, 0.25) is 0 Å². The lowest BCUT2D eigenvalue weighted by molar-refractivity contribution is -0.138. The van der Waals surface area contributed by atoms with Crippen LogP contribution in [0.1, 0.15) is 52.9 Å². The molecule has 2 N–H and O–H groups in total. The average Bonchev–Trinajstić information content (AvgIpc) is 2.07. The quantitative estimate of drug-likeness (QED) is 0.705. The van der Waals surface area contributed by atoms with Crippen LogP contribution >= 0.6 is 0 Å². The summed E-state index contributed by atoms with van der Waals surface area (Å²) in [6.45, 7) is 6.21. The summed E-state index contributed by atoms with van der Waals surface area (Å²) >= 11 is 0. The molecule has 4 heteroatoms. The molecule has 0 aliphatic heterocycles. The summed E-state index contributed by atoms with van der Waals surface area (Å²) in [5.41, 5.74) is 0.0357. The molecule has 0 aromatic rings. The number of aliphatic carboxylic acids is 2. The summed E-state index contributed by atoms with van der Waals surface area (Å²) in [5.74, 6) is -1.30. The lowest BCUT2D eigenvalue weighted by atomic mass is 9.75. The van der Waals surface area contributed by atoms with E-state index in [1.807, 2.05) is 0 Å². The Morgan fingerprint density at radius 1 is 1.00 bits per heavy atom. The minimum atomic E-state index is -0.786. The molecule has 0 aliphatic rings. The second kappa shape index (κ2) is 6.51. The lowest BCUT2D eigenvalue weighted by Crippen LogP contribution is -2.21. The molecule has 4 nitrogen and oxygen atoms in total. The highest BCUT2D eigenvalue weighted by molar-refractivity contribution is 5.67.